The van der Waals surface area contributed by atoms with Crippen LogP contribution in [0.2, 0.25) is 0 Å². The predicted octanol–water partition coefficient (Wildman–Crippen LogP) is 1.38. The second-order valence-corrected chi connectivity index (χ2v) is 6.46. The fourth-order valence-electron chi connectivity index (χ4n) is 3.35. The summed E-state index contributed by atoms with van der Waals surface area (Å²) in [6, 6.07) is 7.37. The number of nitrogens with one attached hydrogen (secondary N) is 1. The summed E-state index contributed by atoms with van der Waals surface area (Å²) in [5, 5.41) is 16.4. The molecule has 8 nitrogen and oxygen atoms in total. The van der Waals surface area contributed by atoms with Gasteiger partial charge in [-0.15, -0.1) is 0 Å². The quantitative estimate of drug-likeness (QED) is 0.808. The lowest BCUT2D eigenvalue weighted by atomic mass is 9.89. The number of carbonyl (C=O) groups excluding carboxylic acids is 1. The van der Waals surface area contributed by atoms with E-state index >= 15 is 0 Å². The van der Waals surface area contributed by atoms with E-state index in [1.807, 2.05) is 24.3 Å². The fraction of sp³-hybridized carbons (Fsp3) is 0.444. The number of nitrogens with zero attached hydrogens (tertiary/aromatic N) is 3. The molecule has 2 N–H and O–H groups in total. The van der Waals surface area contributed by atoms with Gasteiger partial charge in [-0.05, 0) is 24.6 Å². The van der Waals surface area contributed by atoms with Crippen LogP contribution in [0.5, 0.6) is 5.75 Å². The summed E-state index contributed by atoms with van der Waals surface area (Å²) in [4.78, 5) is 30.0. The van der Waals surface area contributed by atoms with Crippen LogP contribution >= 0.6 is 0 Å². The Morgan fingerprint density at radius 3 is 2.85 bits per heavy atom. The van der Waals surface area contributed by atoms with E-state index in [0.717, 1.165) is 5.56 Å². The maximum absolute atomic E-state index is 12.5. The second-order valence-electron chi connectivity index (χ2n) is 6.46. The molecule has 3 rings (SSSR count). The van der Waals surface area contributed by atoms with Crippen LogP contribution in [0.4, 0.5) is 0 Å². The van der Waals surface area contributed by atoms with Crippen molar-refractivity contribution in [3.8, 4) is 5.75 Å². The van der Waals surface area contributed by atoms with Crippen molar-refractivity contribution in [1.82, 2.24) is 20.1 Å². The third-order valence-corrected chi connectivity index (χ3v) is 4.72. The average Bonchev–Trinajstić information content (AvgIpc) is 3.26. The monoisotopic (exact) mass is 358 g/mol. The molecule has 1 aromatic heterocycles. The van der Waals surface area contributed by atoms with Crippen LogP contribution < -0.4 is 4.74 Å². The first kappa shape index (κ1) is 17.9. The van der Waals surface area contributed by atoms with Gasteiger partial charge in [-0.2, -0.15) is 5.10 Å². The Balaban J connectivity index is 1.69. The van der Waals surface area contributed by atoms with Gasteiger partial charge >= 0.3 is 5.97 Å². The van der Waals surface area contributed by atoms with Crippen LogP contribution in [-0.4, -0.2) is 57.3 Å². The Hall–Kier alpha value is -2.90. The highest BCUT2D eigenvalue weighted by Crippen LogP contribution is 2.34. The number of hydrogen-bond acceptors (Lipinski definition) is 5. The van der Waals surface area contributed by atoms with Gasteiger partial charge in [0.1, 0.15) is 11.6 Å². The lowest BCUT2D eigenvalue weighted by Crippen LogP contribution is -2.30. The largest absolute Gasteiger partial charge is 0.497 e. The predicted molar refractivity (Wildman–Crippen MR) is 92.9 cm³/mol. The Bertz CT molecular complexity index is 804. The van der Waals surface area contributed by atoms with Gasteiger partial charge in [0.25, 0.3) is 0 Å². The number of carboxylic acids is 1. The molecule has 26 heavy (non-hydrogen) atoms. The molecule has 8 heteroatoms. The van der Waals surface area contributed by atoms with Gasteiger partial charge < -0.3 is 14.7 Å². The van der Waals surface area contributed by atoms with Gasteiger partial charge in [0.15, 0.2) is 5.82 Å². The fourth-order valence-corrected chi connectivity index (χ4v) is 3.35. The number of methoxy groups -OCH3 is 1. The van der Waals surface area contributed by atoms with Crippen molar-refractivity contribution in [2.75, 3.05) is 20.2 Å². The van der Waals surface area contributed by atoms with Crippen LogP contribution in [0.1, 0.15) is 29.6 Å². The van der Waals surface area contributed by atoms with E-state index in [0.29, 0.717) is 30.4 Å². The van der Waals surface area contributed by atoms with E-state index in [1.165, 1.54) is 0 Å². The first-order chi connectivity index (χ1) is 12.5. The van der Waals surface area contributed by atoms with Gasteiger partial charge in [0.05, 0.1) is 13.0 Å². The Labute approximate surface area is 151 Å². The molecule has 1 saturated heterocycles. The molecular formula is C18H22N4O4. The third kappa shape index (κ3) is 3.84. The summed E-state index contributed by atoms with van der Waals surface area (Å²) in [5.41, 5.74) is 0.872. The first-order valence-corrected chi connectivity index (χ1v) is 8.50. The molecular weight excluding hydrogens is 336 g/mol. The number of amides is 1. The van der Waals surface area contributed by atoms with Gasteiger partial charge in [0.2, 0.25) is 5.91 Å². The minimum atomic E-state index is -0.891. The number of H-pyrrole nitrogens is 1. The molecule has 2 heterocycles. The van der Waals surface area contributed by atoms with Crippen molar-refractivity contribution in [3.05, 3.63) is 41.5 Å². The number of benzene rings is 1. The van der Waals surface area contributed by atoms with Crippen molar-refractivity contribution in [2.24, 2.45) is 5.92 Å². The molecule has 0 saturated carbocycles. The SMILES string of the molecule is COc1cccc([C@H]2CN(C(=O)CCc3n[nH]c(C)n3)C[C@@H]2C(=O)O)c1. The molecule has 0 unspecified atom stereocenters. The number of aryl methyl sites for hydroxylation is 2. The number of ether oxygens (including phenoxy) is 1. The number of likely N-dealkylation sites (tertiary alicyclic amines) is 1. The molecule has 0 spiro atoms. The molecule has 1 aromatic carbocycles. The minimum Gasteiger partial charge on any atom is -0.497 e. The molecule has 1 amide bonds. The van der Waals surface area contributed by atoms with Gasteiger partial charge in [-0.3, -0.25) is 14.7 Å². The highest BCUT2D eigenvalue weighted by Gasteiger charge is 2.40. The maximum atomic E-state index is 12.5. The summed E-state index contributed by atoms with van der Waals surface area (Å²) in [5.74, 6) is 0.124. The number of rotatable bonds is 6. The molecule has 2 atom stereocenters. The summed E-state index contributed by atoms with van der Waals surface area (Å²) < 4.78 is 5.23. The molecule has 1 fully saturated rings. The summed E-state index contributed by atoms with van der Waals surface area (Å²) in [7, 11) is 1.57. The average molecular weight is 358 g/mol. The number of carboxylic acid groups (broad SMARTS) is 1. The summed E-state index contributed by atoms with van der Waals surface area (Å²) in [6.45, 7) is 2.40. The van der Waals surface area contributed by atoms with Crippen LogP contribution in [0, 0.1) is 12.8 Å². The summed E-state index contributed by atoms with van der Waals surface area (Å²) >= 11 is 0. The van der Waals surface area contributed by atoms with Crippen LogP contribution in [0.25, 0.3) is 0 Å². The van der Waals surface area contributed by atoms with Crippen LogP contribution in [-0.2, 0) is 16.0 Å². The Kier molecular flexibility index (Phi) is 5.20. The minimum absolute atomic E-state index is 0.0795. The maximum Gasteiger partial charge on any atom is 0.308 e. The zero-order valence-corrected chi connectivity index (χ0v) is 14.8. The van der Waals surface area contributed by atoms with Crippen molar-refractivity contribution in [3.63, 3.8) is 0 Å². The van der Waals surface area contributed by atoms with Crippen molar-refractivity contribution < 1.29 is 19.4 Å². The molecule has 0 radical (unpaired) electrons. The zero-order valence-electron chi connectivity index (χ0n) is 14.8. The molecule has 2 aromatic rings. The smallest absolute Gasteiger partial charge is 0.308 e. The normalized spacial score (nSPS) is 19.5. The van der Waals surface area contributed by atoms with Crippen molar-refractivity contribution >= 4 is 11.9 Å². The lowest BCUT2D eigenvalue weighted by molar-refractivity contribution is -0.141. The van der Waals surface area contributed by atoms with Crippen molar-refractivity contribution in [1.29, 1.82) is 0 Å². The standard InChI is InChI=1S/C18H22N4O4/c1-11-19-16(21-20-11)6-7-17(23)22-9-14(15(10-22)18(24)25)12-4-3-5-13(8-12)26-2/h3-5,8,14-15H,6-7,9-10H2,1-2H3,(H,24,25)(H,19,20,21)/t14-,15+/m1/s1. The number of hydrogen-bond donors (Lipinski definition) is 2. The molecule has 138 valence electrons. The van der Waals surface area contributed by atoms with E-state index in [2.05, 4.69) is 15.2 Å². The van der Waals surface area contributed by atoms with Gasteiger partial charge in [-0.25, -0.2) is 4.98 Å². The Morgan fingerprint density at radius 2 is 2.19 bits per heavy atom. The Morgan fingerprint density at radius 1 is 1.38 bits per heavy atom. The zero-order chi connectivity index (χ0) is 18.7. The number of aliphatic carboxylic acids is 1. The molecule has 0 aliphatic carbocycles. The van der Waals surface area contributed by atoms with Crippen LogP contribution in [0.3, 0.4) is 0 Å². The molecule has 1 aliphatic heterocycles. The number of carbonyl (C=O) groups is 2. The van der Waals surface area contributed by atoms with E-state index < -0.39 is 11.9 Å². The van der Waals surface area contributed by atoms with E-state index in [4.69, 9.17) is 4.74 Å². The highest BCUT2D eigenvalue weighted by molar-refractivity contribution is 5.79. The highest BCUT2D eigenvalue weighted by atomic mass is 16.5. The van der Waals surface area contributed by atoms with Gasteiger partial charge in [-0.1, -0.05) is 12.1 Å². The topological polar surface area (TPSA) is 108 Å². The van der Waals surface area contributed by atoms with Crippen molar-refractivity contribution in [2.45, 2.75) is 25.7 Å². The first-order valence-electron chi connectivity index (χ1n) is 8.50. The third-order valence-electron chi connectivity index (χ3n) is 4.72. The lowest BCUT2D eigenvalue weighted by Gasteiger charge is -2.16. The van der Waals surface area contributed by atoms with E-state index in [9.17, 15) is 14.7 Å². The summed E-state index contributed by atoms with van der Waals surface area (Å²) in [6.07, 6.45) is 0.690. The number of aromatic amines is 1. The molecule has 0 bridgehead atoms. The van der Waals surface area contributed by atoms with E-state index in [1.54, 1.807) is 18.9 Å². The molecule has 1 aliphatic rings. The van der Waals surface area contributed by atoms with Crippen LogP contribution in [0.15, 0.2) is 24.3 Å². The number of aromatic nitrogens is 3. The second kappa shape index (κ2) is 7.55. The van der Waals surface area contributed by atoms with Gasteiger partial charge in [0, 0.05) is 31.8 Å². The van der Waals surface area contributed by atoms with E-state index in [-0.39, 0.29) is 24.8 Å².